The summed E-state index contributed by atoms with van der Waals surface area (Å²) in [6.07, 6.45) is 2.55. The molecule has 0 saturated carbocycles. The molecule has 0 saturated heterocycles. The number of hydrogen-bond acceptors (Lipinski definition) is 7. The van der Waals surface area contributed by atoms with E-state index in [0.29, 0.717) is 0 Å². The zero-order valence-corrected chi connectivity index (χ0v) is 19.3. The number of fused-ring (bicyclic) bond motifs is 1. The van der Waals surface area contributed by atoms with Gasteiger partial charge in [0.25, 0.3) is 0 Å². The highest BCUT2D eigenvalue weighted by atomic mass is 32.2. The first kappa shape index (κ1) is 23.9. The molecule has 0 aliphatic heterocycles. The third kappa shape index (κ3) is 4.26. The van der Waals surface area contributed by atoms with Crippen LogP contribution < -0.4 is 10.5 Å². The van der Waals surface area contributed by atoms with Gasteiger partial charge in [0.2, 0.25) is 5.95 Å². The Morgan fingerprint density at radius 1 is 1.19 bits per heavy atom. The number of aliphatic hydroxyl groups excluding tert-OH is 1. The lowest BCUT2D eigenvalue weighted by atomic mass is 9.97. The molecule has 32 heavy (non-hydrogen) atoms. The SMILES string of the molecule is CC(C)(CO)COc1cc2ncc(-c3cc(F)c(N)nc3F)n2cc1S(=O)(=O)C(C)(C)C. The Morgan fingerprint density at radius 2 is 1.84 bits per heavy atom. The van der Waals surface area contributed by atoms with E-state index >= 15 is 0 Å². The first-order chi connectivity index (χ1) is 14.7. The van der Waals surface area contributed by atoms with Crippen LogP contribution in [0.3, 0.4) is 0 Å². The Hall–Kier alpha value is -2.79. The van der Waals surface area contributed by atoms with Crippen LogP contribution in [-0.2, 0) is 9.84 Å². The molecule has 0 radical (unpaired) electrons. The molecule has 3 rings (SSSR count). The van der Waals surface area contributed by atoms with E-state index in [1.165, 1.54) is 22.9 Å². The minimum absolute atomic E-state index is 0.0433. The maximum Gasteiger partial charge on any atom is 0.224 e. The second-order valence-corrected chi connectivity index (χ2v) is 12.0. The third-order valence-corrected chi connectivity index (χ3v) is 7.45. The number of nitrogens with two attached hydrogens (primary N) is 1. The summed E-state index contributed by atoms with van der Waals surface area (Å²) in [6, 6.07) is 2.29. The van der Waals surface area contributed by atoms with Crippen molar-refractivity contribution in [3.8, 4) is 17.0 Å². The molecule has 3 N–H and O–H groups in total. The highest BCUT2D eigenvalue weighted by Gasteiger charge is 2.35. The summed E-state index contributed by atoms with van der Waals surface area (Å²) in [4.78, 5) is 7.40. The minimum atomic E-state index is -3.91. The van der Waals surface area contributed by atoms with Crippen LogP contribution in [-0.4, -0.2) is 45.9 Å². The molecule has 0 spiro atoms. The van der Waals surface area contributed by atoms with Crippen molar-refractivity contribution in [1.29, 1.82) is 0 Å². The fourth-order valence-electron chi connectivity index (χ4n) is 2.81. The number of hydrogen-bond donors (Lipinski definition) is 2. The standard InChI is InChI=1S/C21H26F2N4O4S/c1-20(2,3)32(29,30)16-9-27-14(12-6-13(22)19(24)26-18(12)23)8-25-17(27)7-15(16)31-11-21(4,5)10-28/h6-9,28H,10-11H2,1-5H3,(H2,24,26). The Kier molecular flexibility index (Phi) is 5.94. The van der Waals surface area contributed by atoms with Gasteiger partial charge in [-0.25, -0.2) is 17.8 Å². The minimum Gasteiger partial charge on any atom is -0.491 e. The smallest absolute Gasteiger partial charge is 0.224 e. The number of imidazole rings is 1. The van der Waals surface area contributed by atoms with E-state index in [1.807, 2.05) is 0 Å². The number of nitrogens with zero attached hydrogens (tertiary/aromatic N) is 3. The van der Waals surface area contributed by atoms with Gasteiger partial charge < -0.3 is 15.6 Å². The molecule has 0 bridgehead atoms. The highest BCUT2D eigenvalue weighted by molar-refractivity contribution is 7.92. The first-order valence-electron chi connectivity index (χ1n) is 9.79. The Bertz CT molecular complexity index is 1280. The van der Waals surface area contributed by atoms with Crippen LogP contribution >= 0.6 is 0 Å². The summed E-state index contributed by atoms with van der Waals surface area (Å²) in [7, 11) is -3.91. The van der Waals surface area contributed by atoms with Gasteiger partial charge in [-0.1, -0.05) is 13.8 Å². The lowest BCUT2D eigenvalue weighted by Gasteiger charge is -2.25. The highest BCUT2D eigenvalue weighted by Crippen LogP contribution is 2.36. The maximum absolute atomic E-state index is 14.5. The fraction of sp³-hybridized carbons (Fsp3) is 0.429. The number of aliphatic hydroxyl groups is 1. The van der Waals surface area contributed by atoms with Crippen molar-refractivity contribution in [2.75, 3.05) is 18.9 Å². The van der Waals surface area contributed by atoms with Gasteiger partial charge in [-0.15, -0.1) is 0 Å². The van der Waals surface area contributed by atoms with E-state index in [4.69, 9.17) is 10.5 Å². The summed E-state index contributed by atoms with van der Waals surface area (Å²) in [5.41, 5.74) is 4.82. The van der Waals surface area contributed by atoms with Crippen LogP contribution in [0.5, 0.6) is 5.75 Å². The van der Waals surface area contributed by atoms with Crippen molar-refractivity contribution in [3.63, 3.8) is 0 Å². The Labute approximate surface area is 185 Å². The number of aromatic nitrogens is 3. The van der Waals surface area contributed by atoms with E-state index < -0.39 is 37.6 Å². The van der Waals surface area contributed by atoms with Crippen LogP contribution in [0.2, 0.25) is 0 Å². The van der Waals surface area contributed by atoms with Crippen LogP contribution in [0.15, 0.2) is 29.4 Å². The fourth-order valence-corrected chi connectivity index (χ4v) is 4.10. The Morgan fingerprint density at radius 3 is 2.44 bits per heavy atom. The molecule has 174 valence electrons. The molecule has 3 aromatic heterocycles. The molecule has 3 aromatic rings. The van der Waals surface area contributed by atoms with Crippen LogP contribution in [0.25, 0.3) is 16.9 Å². The number of anilines is 1. The topological polar surface area (TPSA) is 120 Å². The summed E-state index contributed by atoms with van der Waals surface area (Å²) < 4.78 is 61.0. The van der Waals surface area contributed by atoms with Gasteiger partial charge in [-0.05, 0) is 26.8 Å². The van der Waals surface area contributed by atoms with Gasteiger partial charge in [-0.2, -0.15) is 9.37 Å². The zero-order valence-electron chi connectivity index (χ0n) is 18.5. The average Bonchev–Trinajstić information content (AvgIpc) is 3.10. The number of nitrogen functional groups attached to an aromatic ring is 1. The van der Waals surface area contributed by atoms with E-state index in [0.717, 1.165) is 6.07 Å². The molecule has 8 nitrogen and oxygen atoms in total. The molecule has 0 atom stereocenters. The van der Waals surface area contributed by atoms with Gasteiger partial charge in [0.1, 0.15) is 16.3 Å². The maximum atomic E-state index is 14.5. The third-order valence-electron chi connectivity index (χ3n) is 4.95. The van der Waals surface area contributed by atoms with E-state index in [2.05, 4.69) is 9.97 Å². The number of halogens is 2. The van der Waals surface area contributed by atoms with Crippen LogP contribution in [0.4, 0.5) is 14.6 Å². The molecule has 11 heteroatoms. The summed E-state index contributed by atoms with van der Waals surface area (Å²) in [5, 5.41) is 9.50. The van der Waals surface area contributed by atoms with Crippen molar-refractivity contribution in [3.05, 3.63) is 36.3 Å². The van der Waals surface area contributed by atoms with Gasteiger partial charge in [0.15, 0.2) is 21.5 Å². The van der Waals surface area contributed by atoms with Gasteiger partial charge >= 0.3 is 0 Å². The van der Waals surface area contributed by atoms with E-state index in [1.54, 1.807) is 34.6 Å². The first-order valence-corrected chi connectivity index (χ1v) is 11.3. The van der Waals surface area contributed by atoms with Crippen LogP contribution in [0, 0.1) is 17.2 Å². The largest absolute Gasteiger partial charge is 0.491 e. The number of rotatable bonds is 6. The van der Waals surface area contributed by atoms with Crippen molar-refractivity contribution in [1.82, 2.24) is 14.4 Å². The number of ether oxygens (including phenoxy) is 1. The van der Waals surface area contributed by atoms with Crippen molar-refractivity contribution in [2.45, 2.75) is 44.3 Å². The predicted molar refractivity (Wildman–Crippen MR) is 116 cm³/mol. The monoisotopic (exact) mass is 468 g/mol. The lowest BCUT2D eigenvalue weighted by molar-refractivity contribution is 0.0960. The summed E-state index contributed by atoms with van der Waals surface area (Å²) in [5.74, 6) is -2.47. The summed E-state index contributed by atoms with van der Waals surface area (Å²) in [6.45, 7) is 8.04. The van der Waals surface area contributed by atoms with Gasteiger partial charge in [0.05, 0.1) is 35.4 Å². The molecule has 0 fully saturated rings. The number of sulfone groups is 1. The van der Waals surface area contributed by atoms with E-state index in [-0.39, 0.29) is 40.8 Å². The van der Waals surface area contributed by atoms with Crippen molar-refractivity contribution < 1.29 is 27.0 Å². The second kappa shape index (κ2) is 7.96. The molecule has 0 amide bonds. The molecular weight excluding hydrogens is 442 g/mol. The molecule has 3 heterocycles. The van der Waals surface area contributed by atoms with Gasteiger partial charge in [0, 0.05) is 17.7 Å². The predicted octanol–water partition coefficient (Wildman–Crippen LogP) is 3.23. The van der Waals surface area contributed by atoms with Gasteiger partial charge in [-0.3, -0.25) is 4.40 Å². The molecule has 0 aliphatic carbocycles. The molecule has 0 aromatic carbocycles. The van der Waals surface area contributed by atoms with Crippen molar-refractivity contribution in [2.24, 2.45) is 5.41 Å². The van der Waals surface area contributed by atoms with Crippen molar-refractivity contribution >= 4 is 21.3 Å². The quantitative estimate of drug-likeness (QED) is 0.533. The zero-order chi connectivity index (χ0) is 24.1. The molecular formula is C21H26F2N4O4S. The summed E-state index contributed by atoms with van der Waals surface area (Å²) >= 11 is 0. The normalized spacial score (nSPS) is 13.0. The van der Waals surface area contributed by atoms with Crippen LogP contribution in [0.1, 0.15) is 34.6 Å². The molecule has 0 unspecified atom stereocenters. The average molecular weight is 469 g/mol. The van der Waals surface area contributed by atoms with E-state index in [9.17, 15) is 22.3 Å². The number of pyridine rings is 2. The second-order valence-electron chi connectivity index (χ2n) is 9.29. The lowest BCUT2D eigenvalue weighted by Crippen LogP contribution is -2.30. The Balaban J connectivity index is 2.26. The molecule has 0 aliphatic rings.